The van der Waals surface area contributed by atoms with Gasteiger partial charge in [-0.15, -0.1) is 0 Å². The fourth-order valence-corrected chi connectivity index (χ4v) is 4.40. The van der Waals surface area contributed by atoms with Gasteiger partial charge in [0, 0.05) is 50.1 Å². The Morgan fingerprint density at radius 1 is 1.00 bits per heavy atom. The minimum atomic E-state index is -0.395. The van der Waals surface area contributed by atoms with Crippen LogP contribution in [0, 0.1) is 24.0 Å². The fraction of sp³-hybridized carbons (Fsp3) is 0.304. The summed E-state index contributed by atoms with van der Waals surface area (Å²) >= 11 is 1.37. The predicted molar refractivity (Wildman–Crippen MR) is 121 cm³/mol. The van der Waals surface area contributed by atoms with Crippen molar-refractivity contribution in [3.05, 3.63) is 69.3 Å². The highest BCUT2D eigenvalue weighted by atomic mass is 32.2. The molecule has 8 heteroatoms. The van der Waals surface area contributed by atoms with Crippen molar-refractivity contribution >= 4 is 35.3 Å². The number of rotatable bonds is 5. The zero-order chi connectivity index (χ0) is 22.5. The number of amides is 2. The van der Waals surface area contributed by atoms with E-state index in [-0.39, 0.29) is 17.5 Å². The van der Waals surface area contributed by atoms with Crippen LogP contribution in [0.2, 0.25) is 0 Å². The molecule has 2 amide bonds. The van der Waals surface area contributed by atoms with Crippen LogP contribution in [-0.4, -0.2) is 52.7 Å². The molecule has 31 heavy (non-hydrogen) atoms. The molecule has 1 heterocycles. The van der Waals surface area contributed by atoms with Crippen LogP contribution in [0.5, 0.6) is 0 Å². The van der Waals surface area contributed by atoms with E-state index >= 15 is 0 Å². The number of piperazine rings is 1. The number of hydrogen-bond donors (Lipinski definition) is 0. The van der Waals surface area contributed by atoms with Gasteiger partial charge >= 0.3 is 0 Å². The normalized spacial score (nSPS) is 14.2. The molecule has 0 atom stereocenters. The molecule has 2 aromatic rings. The van der Waals surface area contributed by atoms with E-state index in [0.717, 1.165) is 16.0 Å². The van der Waals surface area contributed by atoms with Crippen LogP contribution in [0.15, 0.2) is 52.3 Å². The molecular formula is C23H25N3O4S. The average molecular weight is 440 g/mol. The van der Waals surface area contributed by atoms with Gasteiger partial charge < -0.3 is 9.80 Å². The monoisotopic (exact) mass is 439 g/mol. The molecular weight excluding hydrogens is 414 g/mol. The smallest absolute Gasteiger partial charge is 0.283 e. The lowest BCUT2D eigenvalue weighted by molar-refractivity contribution is -0.387. The Morgan fingerprint density at radius 3 is 2.32 bits per heavy atom. The van der Waals surface area contributed by atoms with Gasteiger partial charge in [-0.25, -0.2) is 0 Å². The Hall–Kier alpha value is -3.13. The Morgan fingerprint density at radius 2 is 1.68 bits per heavy atom. The average Bonchev–Trinajstić information content (AvgIpc) is 2.75. The van der Waals surface area contributed by atoms with Crippen molar-refractivity contribution in [2.24, 2.45) is 0 Å². The molecule has 1 saturated heterocycles. The zero-order valence-corrected chi connectivity index (χ0v) is 18.6. The first-order valence-corrected chi connectivity index (χ1v) is 10.8. The summed E-state index contributed by atoms with van der Waals surface area (Å²) in [6.45, 7) is 7.49. The zero-order valence-electron chi connectivity index (χ0n) is 17.8. The van der Waals surface area contributed by atoms with Crippen molar-refractivity contribution in [1.82, 2.24) is 9.80 Å². The van der Waals surface area contributed by atoms with Crippen molar-refractivity contribution in [1.29, 1.82) is 0 Å². The first-order valence-electron chi connectivity index (χ1n) is 10.0. The van der Waals surface area contributed by atoms with Crippen molar-refractivity contribution in [3.8, 4) is 0 Å². The van der Waals surface area contributed by atoms with Crippen molar-refractivity contribution in [3.63, 3.8) is 0 Å². The molecule has 0 N–H and O–H groups in total. The summed E-state index contributed by atoms with van der Waals surface area (Å²) in [6, 6.07) is 11.0. The van der Waals surface area contributed by atoms with E-state index in [2.05, 4.69) is 0 Å². The maximum atomic E-state index is 12.4. The lowest BCUT2D eigenvalue weighted by Crippen LogP contribution is -2.49. The minimum Gasteiger partial charge on any atom is -0.339 e. The third kappa shape index (κ3) is 5.73. The van der Waals surface area contributed by atoms with Gasteiger partial charge in [0.25, 0.3) is 5.69 Å². The first kappa shape index (κ1) is 22.6. The van der Waals surface area contributed by atoms with Gasteiger partial charge in [0.2, 0.25) is 11.8 Å². The molecule has 1 aliphatic rings. The third-order valence-corrected chi connectivity index (χ3v) is 6.42. The maximum absolute atomic E-state index is 12.4. The maximum Gasteiger partial charge on any atom is 0.283 e. The summed E-state index contributed by atoms with van der Waals surface area (Å²) in [5.41, 5.74) is 2.76. The second-order valence-corrected chi connectivity index (χ2v) is 8.60. The highest BCUT2D eigenvalue weighted by Gasteiger charge is 2.21. The fourth-order valence-electron chi connectivity index (χ4n) is 3.32. The largest absolute Gasteiger partial charge is 0.339 e. The van der Waals surface area contributed by atoms with E-state index in [4.69, 9.17) is 0 Å². The standard InChI is InChI=1S/C23H25N3O4S/c1-16-4-5-17(2)22(14-16)31-21-8-6-19(15-20(21)26(29)30)7-9-23(28)25-12-10-24(11-13-25)18(3)27/h4-9,14-15H,10-13H2,1-3H3/b9-7+. The first-order chi connectivity index (χ1) is 14.7. The molecule has 7 nitrogen and oxygen atoms in total. The van der Waals surface area contributed by atoms with Gasteiger partial charge in [-0.05, 0) is 48.7 Å². The number of carbonyl (C=O) groups excluding carboxylic acids is 2. The van der Waals surface area contributed by atoms with Gasteiger partial charge in [-0.1, -0.05) is 30.0 Å². The van der Waals surface area contributed by atoms with Crippen LogP contribution in [0.25, 0.3) is 6.08 Å². The molecule has 0 spiro atoms. The number of aryl methyl sites for hydroxylation is 2. The SMILES string of the molecule is CC(=O)N1CCN(C(=O)/C=C/c2ccc(Sc3cc(C)ccc3C)c([N+](=O)[O-])c2)CC1. The van der Waals surface area contributed by atoms with Crippen LogP contribution in [0.3, 0.4) is 0 Å². The molecule has 0 saturated carbocycles. The lowest BCUT2D eigenvalue weighted by atomic mass is 10.2. The second kappa shape index (κ2) is 9.78. The topological polar surface area (TPSA) is 83.8 Å². The Bertz CT molecular complexity index is 1040. The second-order valence-electron chi connectivity index (χ2n) is 7.52. The van der Waals surface area contributed by atoms with E-state index in [9.17, 15) is 19.7 Å². The molecule has 162 valence electrons. The summed E-state index contributed by atoms with van der Waals surface area (Å²) in [5, 5.41) is 11.6. The van der Waals surface area contributed by atoms with E-state index in [1.54, 1.807) is 28.0 Å². The van der Waals surface area contributed by atoms with Gasteiger partial charge in [-0.2, -0.15) is 0 Å². The predicted octanol–water partition coefficient (Wildman–Crippen LogP) is 4.07. The van der Waals surface area contributed by atoms with E-state index in [0.29, 0.717) is 36.6 Å². The summed E-state index contributed by atoms with van der Waals surface area (Å²) in [4.78, 5) is 40.0. The van der Waals surface area contributed by atoms with E-state index in [1.807, 2.05) is 32.0 Å². The highest BCUT2D eigenvalue weighted by molar-refractivity contribution is 7.99. The number of nitrogens with zero attached hydrogens (tertiary/aromatic N) is 3. The summed E-state index contributed by atoms with van der Waals surface area (Å²) in [6.07, 6.45) is 3.03. The number of carbonyl (C=O) groups is 2. The summed E-state index contributed by atoms with van der Waals surface area (Å²) in [5.74, 6) is -0.159. The van der Waals surface area contributed by atoms with Crippen LogP contribution >= 0.6 is 11.8 Å². The van der Waals surface area contributed by atoms with Crippen LogP contribution in [0.1, 0.15) is 23.6 Å². The number of benzene rings is 2. The Labute approximate surface area is 185 Å². The third-order valence-electron chi connectivity index (χ3n) is 5.20. The van der Waals surface area contributed by atoms with Crippen LogP contribution in [-0.2, 0) is 9.59 Å². The molecule has 1 fully saturated rings. The quantitative estimate of drug-likeness (QED) is 0.398. The molecule has 0 aromatic heterocycles. The van der Waals surface area contributed by atoms with Crippen molar-refractivity contribution < 1.29 is 14.5 Å². The van der Waals surface area contributed by atoms with Gasteiger partial charge in [0.15, 0.2) is 0 Å². The lowest BCUT2D eigenvalue weighted by Gasteiger charge is -2.33. The minimum absolute atomic E-state index is 0.00812. The van der Waals surface area contributed by atoms with Gasteiger partial charge in [0.1, 0.15) is 0 Å². The summed E-state index contributed by atoms with van der Waals surface area (Å²) < 4.78 is 0. The van der Waals surface area contributed by atoms with Crippen LogP contribution < -0.4 is 0 Å². The van der Waals surface area contributed by atoms with Crippen molar-refractivity contribution in [2.45, 2.75) is 30.6 Å². The molecule has 0 bridgehead atoms. The molecule has 0 aliphatic carbocycles. The van der Waals surface area contributed by atoms with Gasteiger partial charge in [-0.3, -0.25) is 19.7 Å². The Kier molecular flexibility index (Phi) is 7.12. The van der Waals surface area contributed by atoms with E-state index in [1.165, 1.54) is 30.8 Å². The molecule has 0 unspecified atom stereocenters. The molecule has 3 rings (SSSR count). The van der Waals surface area contributed by atoms with Crippen LogP contribution in [0.4, 0.5) is 5.69 Å². The van der Waals surface area contributed by atoms with Crippen molar-refractivity contribution in [2.75, 3.05) is 26.2 Å². The molecule has 2 aromatic carbocycles. The molecule has 0 radical (unpaired) electrons. The van der Waals surface area contributed by atoms with E-state index < -0.39 is 4.92 Å². The number of nitro benzene ring substituents is 1. The Balaban J connectivity index is 1.73. The number of nitro groups is 1. The number of hydrogen-bond acceptors (Lipinski definition) is 5. The summed E-state index contributed by atoms with van der Waals surface area (Å²) in [7, 11) is 0. The molecule has 1 aliphatic heterocycles. The van der Waals surface area contributed by atoms with Gasteiger partial charge in [0.05, 0.1) is 9.82 Å². The highest BCUT2D eigenvalue weighted by Crippen LogP contribution is 2.37.